The zero-order valence-corrected chi connectivity index (χ0v) is 20.8. The third-order valence-electron chi connectivity index (χ3n) is 5.03. The molecule has 1 aliphatic heterocycles. The van der Waals surface area contributed by atoms with Crippen LogP contribution in [0.3, 0.4) is 0 Å². The van der Waals surface area contributed by atoms with Gasteiger partial charge in [0.2, 0.25) is 0 Å². The van der Waals surface area contributed by atoms with Gasteiger partial charge >= 0.3 is 0 Å². The first-order valence-corrected chi connectivity index (χ1v) is 10.7. The van der Waals surface area contributed by atoms with E-state index in [1.807, 2.05) is 48.5 Å². The van der Waals surface area contributed by atoms with Gasteiger partial charge in [-0.15, -0.1) is 24.0 Å². The predicted octanol–water partition coefficient (Wildman–Crippen LogP) is 3.77. The predicted molar refractivity (Wildman–Crippen MR) is 137 cm³/mol. The third-order valence-corrected chi connectivity index (χ3v) is 5.40. The molecule has 3 N–H and O–H groups in total. The van der Waals surface area contributed by atoms with Crippen LogP contribution >= 0.6 is 35.6 Å². The quantitative estimate of drug-likeness (QED) is 0.263. The fraction of sp³-hybridized carbons (Fsp3) is 0.391. The van der Waals surface area contributed by atoms with Gasteiger partial charge in [0.1, 0.15) is 0 Å². The van der Waals surface area contributed by atoms with Gasteiger partial charge in [-0.25, -0.2) is 0 Å². The van der Waals surface area contributed by atoms with E-state index in [1.54, 1.807) is 7.05 Å². The molecule has 1 amide bonds. The van der Waals surface area contributed by atoms with E-state index in [0.29, 0.717) is 24.6 Å². The molecule has 0 aliphatic carbocycles. The average molecular weight is 557 g/mol. The molecule has 1 fully saturated rings. The number of ether oxygens (including phenoxy) is 1. The van der Waals surface area contributed by atoms with Crippen molar-refractivity contribution in [3.63, 3.8) is 0 Å². The maximum Gasteiger partial charge on any atom is 0.251 e. The fourth-order valence-electron chi connectivity index (χ4n) is 3.36. The lowest BCUT2D eigenvalue weighted by Gasteiger charge is -2.13. The molecule has 6 nitrogen and oxygen atoms in total. The van der Waals surface area contributed by atoms with Crippen molar-refractivity contribution in [2.24, 2.45) is 4.99 Å². The van der Waals surface area contributed by atoms with Gasteiger partial charge in [-0.1, -0.05) is 41.9 Å². The molecule has 8 heteroatoms. The summed E-state index contributed by atoms with van der Waals surface area (Å²) in [7, 11) is 1.74. The molecule has 0 radical (unpaired) electrons. The van der Waals surface area contributed by atoms with Gasteiger partial charge in [0, 0.05) is 43.9 Å². The van der Waals surface area contributed by atoms with Crippen LogP contribution in [0.4, 0.5) is 0 Å². The molecular weight excluding hydrogens is 527 g/mol. The van der Waals surface area contributed by atoms with Gasteiger partial charge in [-0.05, 0) is 48.6 Å². The zero-order valence-electron chi connectivity index (χ0n) is 17.7. The molecule has 1 atom stereocenters. The highest BCUT2D eigenvalue weighted by molar-refractivity contribution is 14.0. The van der Waals surface area contributed by atoms with E-state index in [4.69, 9.17) is 16.3 Å². The smallest absolute Gasteiger partial charge is 0.251 e. The number of nitrogens with one attached hydrogen (secondary N) is 3. The Morgan fingerprint density at radius 1 is 1.16 bits per heavy atom. The van der Waals surface area contributed by atoms with E-state index < -0.39 is 0 Å². The molecular formula is C23H30ClIN4O2. The first-order valence-electron chi connectivity index (χ1n) is 10.3. The number of rotatable bonds is 8. The molecule has 1 saturated heterocycles. The number of guanidine groups is 1. The topological polar surface area (TPSA) is 74.8 Å². The largest absolute Gasteiger partial charge is 0.376 e. The lowest BCUT2D eigenvalue weighted by molar-refractivity contribution is 0.0857. The highest BCUT2D eigenvalue weighted by atomic mass is 127. The van der Waals surface area contributed by atoms with E-state index in [2.05, 4.69) is 20.9 Å². The summed E-state index contributed by atoms with van der Waals surface area (Å²) >= 11 is 6.20. The molecule has 1 unspecified atom stereocenters. The van der Waals surface area contributed by atoms with E-state index in [-0.39, 0.29) is 36.0 Å². The second-order valence-electron chi connectivity index (χ2n) is 7.24. The zero-order chi connectivity index (χ0) is 21.2. The van der Waals surface area contributed by atoms with Gasteiger partial charge in [0.15, 0.2) is 5.96 Å². The Labute approximate surface area is 206 Å². The van der Waals surface area contributed by atoms with Crippen molar-refractivity contribution in [2.75, 3.05) is 26.7 Å². The molecule has 168 valence electrons. The van der Waals surface area contributed by atoms with Crippen LogP contribution in [0.15, 0.2) is 53.5 Å². The first kappa shape index (κ1) is 25.4. The Morgan fingerprint density at radius 3 is 2.74 bits per heavy atom. The van der Waals surface area contributed by atoms with Crippen LogP contribution in [0.1, 0.15) is 34.3 Å². The second kappa shape index (κ2) is 13.5. The van der Waals surface area contributed by atoms with E-state index in [0.717, 1.165) is 48.6 Å². The molecule has 0 bridgehead atoms. The van der Waals surface area contributed by atoms with E-state index in [9.17, 15) is 4.79 Å². The minimum Gasteiger partial charge on any atom is -0.376 e. The number of carbonyl (C=O) groups excluding carboxylic acids is 1. The Morgan fingerprint density at radius 2 is 2.00 bits per heavy atom. The van der Waals surface area contributed by atoms with Gasteiger partial charge in [0.25, 0.3) is 5.91 Å². The molecule has 1 aliphatic rings. The minimum atomic E-state index is -0.0744. The standard InChI is InChI=1S/C23H29ClN4O2.HI/c1-25-23(26-12-11-18-7-2-3-10-21(18)24)28-15-17-6-4-8-19(14-17)22(29)27-16-20-9-5-13-30-20;/h2-4,6-8,10,14,20H,5,9,11-13,15-16H2,1H3,(H,27,29)(H2,25,26,28);1H. The molecule has 0 aromatic heterocycles. The summed E-state index contributed by atoms with van der Waals surface area (Å²) in [5.74, 6) is 0.630. The van der Waals surface area contributed by atoms with Crippen molar-refractivity contribution in [2.45, 2.75) is 31.9 Å². The summed E-state index contributed by atoms with van der Waals surface area (Å²) in [4.78, 5) is 16.7. The monoisotopic (exact) mass is 556 g/mol. The van der Waals surface area contributed by atoms with Gasteiger partial charge in [-0.2, -0.15) is 0 Å². The Hall–Kier alpha value is -1.84. The summed E-state index contributed by atoms with van der Waals surface area (Å²) in [6.07, 6.45) is 3.02. The van der Waals surface area contributed by atoms with Crippen LogP contribution in [0, 0.1) is 0 Å². The summed E-state index contributed by atoms with van der Waals surface area (Å²) in [5.41, 5.74) is 2.76. The van der Waals surface area contributed by atoms with Crippen LogP contribution in [-0.4, -0.2) is 44.7 Å². The SMILES string of the molecule is CN=C(NCCc1ccccc1Cl)NCc1cccc(C(=O)NCC2CCCO2)c1.I. The molecule has 2 aromatic carbocycles. The number of hydrogen-bond donors (Lipinski definition) is 3. The van der Waals surface area contributed by atoms with Gasteiger partial charge in [-0.3, -0.25) is 9.79 Å². The number of benzene rings is 2. The van der Waals surface area contributed by atoms with Crippen molar-refractivity contribution in [3.05, 3.63) is 70.2 Å². The normalized spacial score (nSPS) is 15.8. The number of hydrogen-bond acceptors (Lipinski definition) is 3. The molecule has 2 aromatic rings. The third kappa shape index (κ3) is 8.31. The summed E-state index contributed by atoms with van der Waals surface area (Å²) in [6, 6.07) is 15.4. The Balaban J connectivity index is 0.00000341. The summed E-state index contributed by atoms with van der Waals surface area (Å²) in [5, 5.41) is 10.3. The van der Waals surface area contributed by atoms with Crippen molar-refractivity contribution in [1.82, 2.24) is 16.0 Å². The minimum absolute atomic E-state index is 0. The fourth-order valence-corrected chi connectivity index (χ4v) is 3.59. The number of aliphatic imine (C=N–C) groups is 1. The summed E-state index contributed by atoms with van der Waals surface area (Å²) in [6.45, 7) is 2.63. The number of amides is 1. The number of nitrogens with zero attached hydrogens (tertiary/aromatic N) is 1. The van der Waals surface area contributed by atoms with Crippen molar-refractivity contribution in [1.29, 1.82) is 0 Å². The lowest BCUT2D eigenvalue weighted by atomic mass is 10.1. The van der Waals surface area contributed by atoms with E-state index in [1.165, 1.54) is 0 Å². The Kier molecular flexibility index (Phi) is 11.1. The molecule has 0 saturated carbocycles. The highest BCUT2D eigenvalue weighted by Gasteiger charge is 2.16. The van der Waals surface area contributed by atoms with Crippen LogP contribution in [0.2, 0.25) is 5.02 Å². The van der Waals surface area contributed by atoms with Gasteiger partial charge in [0.05, 0.1) is 6.10 Å². The van der Waals surface area contributed by atoms with Crippen molar-refractivity contribution >= 4 is 47.4 Å². The van der Waals surface area contributed by atoms with Crippen LogP contribution < -0.4 is 16.0 Å². The van der Waals surface area contributed by atoms with Crippen molar-refractivity contribution in [3.8, 4) is 0 Å². The Bertz CT molecular complexity index is 872. The second-order valence-corrected chi connectivity index (χ2v) is 7.65. The first-order chi connectivity index (χ1) is 14.7. The molecule has 0 spiro atoms. The highest BCUT2D eigenvalue weighted by Crippen LogP contribution is 2.15. The van der Waals surface area contributed by atoms with Crippen molar-refractivity contribution < 1.29 is 9.53 Å². The van der Waals surface area contributed by atoms with Crippen LogP contribution in [-0.2, 0) is 17.7 Å². The average Bonchev–Trinajstić information content (AvgIpc) is 3.29. The molecule has 31 heavy (non-hydrogen) atoms. The maximum absolute atomic E-state index is 12.4. The maximum atomic E-state index is 12.4. The lowest BCUT2D eigenvalue weighted by Crippen LogP contribution is -2.38. The summed E-state index contributed by atoms with van der Waals surface area (Å²) < 4.78 is 5.55. The van der Waals surface area contributed by atoms with Gasteiger partial charge < -0.3 is 20.7 Å². The van der Waals surface area contributed by atoms with E-state index >= 15 is 0 Å². The molecule has 1 heterocycles. The van der Waals surface area contributed by atoms with Crippen LogP contribution in [0.25, 0.3) is 0 Å². The van der Waals surface area contributed by atoms with Crippen LogP contribution in [0.5, 0.6) is 0 Å². The molecule has 3 rings (SSSR count). The number of carbonyl (C=O) groups is 1. The number of halogens is 2.